The molecule has 0 aromatic carbocycles. The van der Waals surface area contributed by atoms with Gasteiger partial charge >= 0.3 is 0 Å². The van der Waals surface area contributed by atoms with Crippen LogP contribution in [0.1, 0.15) is 52.0 Å². The third kappa shape index (κ3) is 2.52. The predicted octanol–water partition coefficient (Wildman–Crippen LogP) is 2.17. The summed E-state index contributed by atoms with van der Waals surface area (Å²) in [6.45, 7) is 4.40. The van der Waals surface area contributed by atoms with Crippen LogP contribution in [0.25, 0.3) is 0 Å². The van der Waals surface area contributed by atoms with E-state index in [4.69, 9.17) is 0 Å². The van der Waals surface area contributed by atoms with Gasteiger partial charge in [-0.15, -0.1) is 0 Å². The van der Waals surface area contributed by atoms with Gasteiger partial charge in [0.1, 0.15) is 0 Å². The van der Waals surface area contributed by atoms with Crippen molar-refractivity contribution in [3.8, 4) is 0 Å². The van der Waals surface area contributed by atoms with Gasteiger partial charge in [0.25, 0.3) is 5.56 Å². The van der Waals surface area contributed by atoms with E-state index in [0.717, 1.165) is 12.8 Å². The highest BCUT2D eigenvalue weighted by molar-refractivity contribution is 5.30. The molecular weight excluding hydrogens is 240 g/mol. The maximum absolute atomic E-state index is 12.3. The minimum Gasteiger partial charge on any atom is -0.308 e. The molecule has 19 heavy (non-hydrogen) atoms. The molecule has 0 bridgehead atoms. The van der Waals surface area contributed by atoms with Crippen LogP contribution >= 0.6 is 0 Å². The molecule has 1 aliphatic carbocycles. The lowest BCUT2D eigenvalue weighted by Gasteiger charge is -2.38. The van der Waals surface area contributed by atoms with Gasteiger partial charge in [0.05, 0.1) is 0 Å². The number of hydrazine groups is 1. The molecule has 0 spiro atoms. The summed E-state index contributed by atoms with van der Waals surface area (Å²) in [6, 6.07) is 1.28. The molecule has 2 fully saturated rings. The fraction of sp³-hybridized carbons (Fsp3) is 0.714. The van der Waals surface area contributed by atoms with Crippen LogP contribution in [-0.2, 0) is 0 Å². The van der Waals surface area contributed by atoms with Crippen molar-refractivity contribution in [1.29, 1.82) is 0 Å². The Hall–Kier alpha value is -1.36. The normalized spacial score (nSPS) is 28.3. The molecule has 104 valence electrons. The van der Waals surface area contributed by atoms with Crippen molar-refractivity contribution in [1.82, 2.24) is 14.6 Å². The Morgan fingerprint density at radius 3 is 2.53 bits per heavy atom. The molecule has 2 unspecified atom stereocenters. The van der Waals surface area contributed by atoms with E-state index in [-0.39, 0.29) is 5.56 Å². The van der Waals surface area contributed by atoms with Crippen molar-refractivity contribution in [3.63, 3.8) is 0 Å². The van der Waals surface area contributed by atoms with Crippen LogP contribution in [0.15, 0.2) is 17.2 Å². The lowest BCUT2D eigenvalue weighted by atomic mass is 10.00. The standard InChI is InChI=1S/C14H22N4O/c1-10-4-3-5-11(2)18(10)16-13-14(19)17(9-8-15-13)12-6-7-12/h8-12H,3-7H2,1-2H3,(H,15,16). The number of nitrogens with zero attached hydrogens (tertiary/aromatic N) is 3. The Balaban J connectivity index is 1.82. The first-order chi connectivity index (χ1) is 9.16. The molecule has 1 N–H and O–H groups in total. The number of anilines is 1. The fourth-order valence-corrected chi connectivity index (χ4v) is 2.91. The minimum absolute atomic E-state index is 0.00923. The van der Waals surface area contributed by atoms with Gasteiger partial charge in [0.2, 0.25) is 5.82 Å². The van der Waals surface area contributed by atoms with Crippen molar-refractivity contribution in [2.24, 2.45) is 0 Å². The van der Waals surface area contributed by atoms with E-state index in [9.17, 15) is 4.79 Å². The second kappa shape index (κ2) is 4.96. The molecule has 2 heterocycles. The van der Waals surface area contributed by atoms with Crippen LogP contribution in [-0.4, -0.2) is 26.6 Å². The first-order valence-corrected chi connectivity index (χ1v) is 7.29. The molecule has 2 atom stereocenters. The Kier molecular flexibility index (Phi) is 3.31. The number of piperidine rings is 1. The summed E-state index contributed by atoms with van der Waals surface area (Å²) in [5, 5.41) is 2.18. The van der Waals surface area contributed by atoms with Crippen molar-refractivity contribution >= 4 is 5.82 Å². The lowest BCUT2D eigenvalue weighted by Crippen LogP contribution is -2.48. The van der Waals surface area contributed by atoms with Crippen LogP contribution < -0.4 is 11.0 Å². The van der Waals surface area contributed by atoms with E-state index in [1.54, 1.807) is 12.4 Å². The van der Waals surface area contributed by atoms with Gasteiger partial charge in [-0.1, -0.05) is 6.42 Å². The smallest absolute Gasteiger partial charge is 0.294 e. The van der Waals surface area contributed by atoms with Gasteiger partial charge in [-0.25, -0.2) is 9.99 Å². The minimum atomic E-state index is 0.00923. The molecular formula is C14H22N4O. The van der Waals surface area contributed by atoms with E-state index in [2.05, 4.69) is 29.3 Å². The molecule has 5 nitrogen and oxygen atoms in total. The number of hydrogen-bond donors (Lipinski definition) is 1. The molecule has 5 heteroatoms. The average Bonchev–Trinajstić information content (AvgIpc) is 3.20. The van der Waals surface area contributed by atoms with Gasteiger partial charge in [-0.05, 0) is 39.5 Å². The molecule has 1 saturated heterocycles. The summed E-state index contributed by atoms with van der Waals surface area (Å²) in [7, 11) is 0. The topological polar surface area (TPSA) is 50.2 Å². The number of nitrogens with one attached hydrogen (secondary N) is 1. The van der Waals surface area contributed by atoms with E-state index in [0.29, 0.717) is 23.9 Å². The molecule has 1 aromatic heterocycles. The van der Waals surface area contributed by atoms with E-state index in [1.165, 1.54) is 19.3 Å². The zero-order valence-corrected chi connectivity index (χ0v) is 11.7. The molecule has 3 rings (SSSR count). The number of aromatic nitrogens is 2. The average molecular weight is 262 g/mol. The van der Waals surface area contributed by atoms with Crippen molar-refractivity contribution in [3.05, 3.63) is 22.7 Å². The SMILES string of the molecule is CC1CCCC(C)N1Nc1nccn(C2CC2)c1=O. The first kappa shape index (κ1) is 12.7. The molecule has 1 aliphatic heterocycles. The maximum Gasteiger partial charge on any atom is 0.294 e. The third-order valence-electron chi connectivity index (χ3n) is 4.24. The Morgan fingerprint density at radius 2 is 1.89 bits per heavy atom. The second-order valence-corrected chi connectivity index (χ2v) is 5.87. The summed E-state index contributed by atoms with van der Waals surface area (Å²) in [5.41, 5.74) is 3.27. The van der Waals surface area contributed by atoms with Crippen LogP contribution in [0.2, 0.25) is 0 Å². The van der Waals surface area contributed by atoms with Gasteiger partial charge in [0, 0.05) is 30.5 Å². The molecule has 0 radical (unpaired) electrons. The van der Waals surface area contributed by atoms with E-state index >= 15 is 0 Å². The first-order valence-electron chi connectivity index (χ1n) is 7.29. The maximum atomic E-state index is 12.3. The number of hydrogen-bond acceptors (Lipinski definition) is 4. The van der Waals surface area contributed by atoms with E-state index < -0.39 is 0 Å². The highest BCUT2D eigenvalue weighted by Crippen LogP contribution is 2.33. The van der Waals surface area contributed by atoms with Gasteiger partial charge in [0.15, 0.2) is 0 Å². The van der Waals surface area contributed by atoms with Crippen molar-refractivity contribution < 1.29 is 0 Å². The summed E-state index contributed by atoms with van der Waals surface area (Å²) in [6.07, 6.45) is 9.34. The molecule has 1 aromatic rings. The summed E-state index contributed by atoms with van der Waals surface area (Å²) < 4.78 is 1.81. The summed E-state index contributed by atoms with van der Waals surface area (Å²) in [5.74, 6) is 0.468. The van der Waals surface area contributed by atoms with Crippen LogP contribution in [0, 0.1) is 0 Å². The monoisotopic (exact) mass is 262 g/mol. The van der Waals surface area contributed by atoms with Gasteiger partial charge in [-0.2, -0.15) is 0 Å². The molecule has 2 aliphatic rings. The van der Waals surface area contributed by atoms with Gasteiger partial charge in [-0.3, -0.25) is 10.2 Å². The van der Waals surface area contributed by atoms with Crippen molar-refractivity contribution in [2.45, 2.75) is 64.1 Å². The number of rotatable bonds is 3. The highest BCUT2D eigenvalue weighted by atomic mass is 16.1. The quantitative estimate of drug-likeness (QED) is 0.907. The molecule has 1 saturated carbocycles. The third-order valence-corrected chi connectivity index (χ3v) is 4.24. The predicted molar refractivity (Wildman–Crippen MR) is 75.0 cm³/mol. The Morgan fingerprint density at radius 1 is 1.21 bits per heavy atom. The van der Waals surface area contributed by atoms with Crippen LogP contribution in [0.4, 0.5) is 5.82 Å². The van der Waals surface area contributed by atoms with Crippen LogP contribution in [0.3, 0.4) is 0 Å². The summed E-state index contributed by atoms with van der Waals surface area (Å²) in [4.78, 5) is 16.6. The Labute approximate surface area is 113 Å². The lowest BCUT2D eigenvalue weighted by molar-refractivity contribution is 0.134. The highest BCUT2D eigenvalue weighted by Gasteiger charge is 2.28. The zero-order chi connectivity index (χ0) is 13.4. The van der Waals surface area contributed by atoms with Crippen molar-refractivity contribution in [2.75, 3.05) is 5.43 Å². The second-order valence-electron chi connectivity index (χ2n) is 5.87. The molecule has 0 amide bonds. The fourth-order valence-electron chi connectivity index (χ4n) is 2.91. The van der Waals surface area contributed by atoms with Crippen LogP contribution in [0.5, 0.6) is 0 Å². The van der Waals surface area contributed by atoms with Gasteiger partial charge < -0.3 is 4.57 Å². The largest absolute Gasteiger partial charge is 0.308 e. The summed E-state index contributed by atoms with van der Waals surface area (Å²) >= 11 is 0. The zero-order valence-electron chi connectivity index (χ0n) is 11.7. The Bertz CT molecular complexity index is 498. The van der Waals surface area contributed by atoms with E-state index in [1.807, 2.05) is 4.57 Å².